The van der Waals surface area contributed by atoms with Gasteiger partial charge in [-0.15, -0.1) is 0 Å². The first-order valence-corrected chi connectivity index (χ1v) is 7.48. The molecule has 0 aliphatic heterocycles. The lowest BCUT2D eigenvalue weighted by molar-refractivity contribution is 0.0921. The zero-order chi connectivity index (χ0) is 13.9. The summed E-state index contributed by atoms with van der Waals surface area (Å²) >= 11 is 0. The van der Waals surface area contributed by atoms with Crippen LogP contribution < -0.4 is 5.32 Å². The summed E-state index contributed by atoms with van der Waals surface area (Å²) in [4.78, 5) is 19.6. The number of hydrogen-bond donors (Lipinski definition) is 2. The van der Waals surface area contributed by atoms with E-state index < -0.39 is 0 Å². The molecule has 4 heteroatoms. The van der Waals surface area contributed by atoms with E-state index >= 15 is 0 Å². The highest BCUT2D eigenvalue weighted by atomic mass is 16.1. The van der Waals surface area contributed by atoms with Gasteiger partial charge in [-0.1, -0.05) is 26.2 Å². The molecule has 1 aliphatic carbocycles. The van der Waals surface area contributed by atoms with Gasteiger partial charge in [-0.25, -0.2) is 4.98 Å². The highest BCUT2D eigenvalue weighted by molar-refractivity contribution is 5.97. The van der Waals surface area contributed by atoms with Crippen molar-refractivity contribution in [3.8, 4) is 0 Å². The Morgan fingerprint density at radius 1 is 1.30 bits per heavy atom. The van der Waals surface area contributed by atoms with Crippen LogP contribution in [0.1, 0.15) is 49.4 Å². The van der Waals surface area contributed by atoms with Crippen LogP contribution in [0.25, 0.3) is 11.0 Å². The number of amides is 1. The molecule has 4 nitrogen and oxygen atoms in total. The normalized spacial score (nSPS) is 23.4. The highest BCUT2D eigenvalue weighted by Gasteiger charge is 2.22. The molecule has 2 unspecified atom stereocenters. The summed E-state index contributed by atoms with van der Waals surface area (Å²) in [7, 11) is 0. The molecule has 1 saturated carbocycles. The van der Waals surface area contributed by atoms with Crippen molar-refractivity contribution in [2.45, 2.75) is 45.1 Å². The molecule has 2 atom stereocenters. The molecule has 2 aromatic rings. The molecule has 1 fully saturated rings. The second-order valence-electron chi connectivity index (χ2n) is 5.83. The standard InChI is InChI=1S/C16H21N3O/c1-11-5-3-2-4-6-13(11)19-16(20)12-7-8-14-15(9-12)18-10-17-14/h7-11,13H,2-6H2,1H3,(H,17,18)(H,19,20). The number of nitrogens with zero attached hydrogens (tertiary/aromatic N) is 1. The molecule has 2 N–H and O–H groups in total. The maximum Gasteiger partial charge on any atom is 0.251 e. The molecule has 0 saturated heterocycles. The molecule has 20 heavy (non-hydrogen) atoms. The van der Waals surface area contributed by atoms with Gasteiger partial charge in [0.1, 0.15) is 0 Å². The van der Waals surface area contributed by atoms with Gasteiger partial charge in [-0.05, 0) is 37.0 Å². The lowest BCUT2D eigenvalue weighted by Gasteiger charge is -2.22. The molecular formula is C16H21N3O. The fraction of sp³-hybridized carbons (Fsp3) is 0.500. The summed E-state index contributed by atoms with van der Waals surface area (Å²) in [6, 6.07) is 5.92. The Bertz CT molecular complexity index is 605. The van der Waals surface area contributed by atoms with Gasteiger partial charge in [0.05, 0.1) is 17.4 Å². The first-order chi connectivity index (χ1) is 9.74. The van der Waals surface area contributed by atoms with Gasteiger partial charge in [-0.3, -0.25) is 4.79 Å². The number of H-pyrrole nitrogens is 1. The van der Waals surface area contributed by atoms with Crippen LogP contribution in [0.2, 0.25) is 0 Å². The fourth-order valence-corrected chi connectivity index (χ4v) is 3.04. The van der Waals surface area contributed by atoms with Crippen LogP contribution in [0.3, 0.4) is 0 Å². The summed E-state index contributed by atoms with van der Waals surface area (Å²) in [5.74, 6) is 0.595. The van der Waals surface area contributed by atoms with E-state index in [1.807, 2.05) is 18.2 Å². The van der Waals surface area contributed by atoms with Gasteiger partial charge < -0.3 is 10.3 Å². The van der Waals surface area contributed by atoms with Gasteiger partial charge in [0.2, 0.25) is 0 Å². The van der Waals surface area contributed by atoms with E-state index in [4.69, 9.17) is 0 Å². The Morgan fingerprint density at radius 2 is 2.15 bits per heavy atom. The average molecular weight is 271 g/mol. The molecular weight excluding hydrogens is 250 g/mol. The van der Waals surface area contributed by atoms with Crippen LogP contribution in [-0.4, -0.2) is 21.9 Å². The SMILES string of the molecule is CC1CCCCCC1NC(=O)c1ccc2nc[nH]c2c1. The number of rotatable bonds is 2. The van der Waals surface area contributed by atoms with Gasteiger partial charge in [0, 0.05) is 11.6 Å². The van der Waals surface area contributed by atoms with E-state index in [0.29, 0.717) is 17.5 Å². The van der Waals surface area contributed by atoms with Crippen LogP contribution >= 0.6 is 0 Å². The number of aromatic nitrogens is 2. The van der Waals surface area contributed by atoms with Crippen LogP contribution in [0.15, 0.2) is 24.5 Å². The van der Waals surface area contributed by atoms with E-state index in [9.17, 15) is 4.79 Å². The molecule has 1 amide bonds. The zero-order valence-corrected chi connectivity index (χ0v) is 11.9. The quantitative estimate of drug-likeness (QED) is 0.824. The number of imidazole rings is 1. The summed E-state index contributed by atoms with van der Waals surface area (Å²) in [6.45, 7) is 2.24. The van der Waals surface area contributed by atoms with Gasteiger partial charge in [-0.2, -0.15) is 0 Å². The number of aromatic amines is 1. The van der Waals surface area contributed by atoms with Crippen LogP contribution in [0.4, 0.5) is 0 Å². The summed E-state index contributed by atoms with van der Waals surface area (Å²) in [5.41, 5.74) is 2.51. The molecule has 1 aliphatic rings. The third-order valence-corrected chi connectivity index (χ3v) is 4.36. The van der Waals surface area contributed by atoms with Crippen molar-refractivity contribution in [3.05, 3.63) is 30.1 Å². The van der Waals surface area contributed by atoms with E-state index in [1.54, 1.807) is 6.33 Å². The lowest BCUT2D eigenvalue weighted by Crippen LogP contribution is -2.38. The lowest BCUT2D eigenvalue weighted by atomic mass is 9.96. The predicted octanol–water partition coefficient (Wildman–Crippen LogP) is 3.26. The number of fused-ring (bicyclic) bond motifs is 1. The average Bonchev–Trinajstić information content (AvgIpc) is 2.83. The van der Waals surface area contributed by atoms with Crippen LogP contribution in [-0.2, 0) is 0 Å². The smallest absolute Gasteiger partial charge is 0.251 e. The second-order valence-corrected chi connectivity index (χ2v) is 5.83. The van der Waals surface area contributed by atoms with Gasteiger partial charge in [0.15, 0.2) is 0 Å². The first-order valence-electron chi connectivity index (χ1n) is 7.48. The number of benzene rings is 1. The topological polar surface area (TPSA) is 57.8 Å². The Kier molecular flexibility index (Phi) is 3.72. The monoisotopic (exact) mass is 271 g/mol. The molecule has 1 aromatic heterocycles. The minimum Gasteiger partial charge on any atom is -0.349 e. The Hall–Kier alpha value is -1.84. The van der Waals surface area contributed by atoms with Gasteiger partial charge in [0.25, 0.3) is 5.91 Å². The summed E-state index contributed by atoms with van der Waals surface area (Å²) in [6.07, 6.45) is 7.75. The minimum absolute atomic E-state index is 0.0280. The fourth-order valence-electron chi connectivity index (χ4n) is 3.04. The molecule has 0 spiro atoms. The second kappa shape index (κ2) is 5.65. The van der Waals surface area contributed by atoms with Gasteiger partial charge >= 0.3 is 0 Å². The zero-order valence-electron chi connectivity index (χ0n) is 11.9. The van der Waals surface area contributed by atoms with Crippen molar-refractivity contribution in [2.24, 2.45) is 5.92 Å². The van der Waals surface area contributed by atoms with Crippen molar-refractivity contribution in [3.63, 3.8) is 0 Å². The van der Waals surface area contributed by atoms with E-state index in [-0.39, 0.29) is 5.91 Å². The first kappa shape index (κ1) is 13.2. The predicted molar refractivity (Wildman–Crippen MR) is 79.6 cm³/mol. The largest absolute Gasteiger partial charge is 0.349 e. The maximum atomic E-state index is 12.4. The molecule has 3 rings (SSSR count). The minimum atomic E-state index is 0.0280. The Balaban J connectivity index is 1.74. The van der Waals surface area contributed by atoms with E-state index in [1.165, 1.54) is 25.7 Å². The Labute approximate surface area is 119 Å². The number of carbonyl (C=O) groups excluding carboxylic acids is 1. The van der Waals surface area contributed by atoms with Crippen LogP contribution in [0.5, 0.6) is 0 Å². The number of hydrogen-bond acceptors (Lipinski definition) is 2. The molecule has 0 radical (unpaired) electrons. The maximum absolute atomic E-state index is 12.4. The van der Waals surface area contributed by atoms with Crippen molar-refractivity contribution < 1.29 is 4.79 Å². The molecule has 1 heterocycles. The Morgan fingerprint density at radius 3 is 3.05 bits per heavy atom. The van der Waals surface area contributed by atoms with Crippen LogP contribution in [0, 0.1) is 5.92 Å². The van der Waals surface area contributed by atoms with E-state index in [2.05, 4.69) is 22.2 Å². The summed E-state index contributed by atoms with van der Waals surface area (Å²) in [5, 5.41) is 3.21. The molecule has 106 valence electrons. The summed E-state index contributed by atoms with van der Waals surface area (Å²) < 4.78 is 0. The third-order valence-electron chi connectivity index (χ3n) is 4.36. The molecule has 0 bridgehead atoms. The molecule has 1 aromatic carbocycles. The van der Waals surface area contributed by atoms with Crippen molar-refractivity contribution >= 4 is 16.9 Å². The van der Waals surface area contributed by atoms with Crippen molar-refractivity contribution in [2.75, 3.05) is 0 Å². The van der Waals surface area contributed by atoms with Crippen molar-refractivity contribution in [1.29, 1.82) is 0 Å². The highest BCUT2D eigenvalue weighted by Crippen LogP contribution is 2.23. The van der Waals surface area contributed by atoms with E-state index in [0.717, 1.165) is 17.5 Å². The van der Waals surface area contributed by atoms with Crippen molar-refractivity contribution in [1.82, 2.24) is 15.3 Å². The number of nitrogens with one attached hydrogen (secondary N) is 2. The number of carbonyl (C=O) groups is 1. The third kappa shape index (κ3) is 2.69.